The lowest BCUT2D eigenvalue weighted by Gasteiger charge is -2.31. The average molecular weight is 230 g/mol. The first kappa shape index (κ1) is 11.4. The van der Waals surface area contributed by atoms with Gasteiger partial charge >= 0.3 is 6.18 Å². The Morgan fingerprint density at radius 1 is 1.44 bits per heavy atom. The van der Waals surface area contributed by atoms with Crippen molar-refractivity contribution in [3.8, 4) is 0 Å². The van der Waals surface area contributed by atoms with Crippen molar-refractivity contribution in [3.63, 3.8) is 0 Å². The Morgan fingerprint density at radius 3 is 2.75 bits per heavy atom. The molecule has 2 nitrogen and oxygen atoms in total. The van der Waals surface area contributed by atoms with Gasteiger partial charge in [-0.15, -0.1) is 0 Å². The summed E-state index contributed by atoms with van der Waals surface area (Å²) in [5.74, 6) is 0. The zero-order chi connectivity index (χ0) is 11.9. The first-order valence-corrected chi connectivity index (χ1v) is 5.16. The lowest BCUT2D eigenvalue weighted by Crippen LogP contribution is -2.31. The van der Waals surface area contributed by atoms with Crippen LogP contribution < -0.4 is 0 Å². The van der Waals surface area contributed by atoms with Gasteiger partial charge in [0.15, 0.2) is 0 Å². The molecule has 0 N–H and O–H groups in total. The third kappa shape index (κ3) is 1.91. The Hall–Kier alpha value is -1.10. The van der Waals surface area contributed by atoms with Crippen LogP contribution in [0.2, 0.25) is 0 Å². The average Bonchev–Trinajstić information content (AvgIpc) is 2.22. The van der Waals surface area contributed by atoms with E-state index in [4.69, 9.17) is 0 Å². The molecule has 1 unspecified atom stereocenters. The predicted molar refractivity (Wildman–Crippen MR) is 54.0 cm³/mol. The Labute approximate surface area is 92.1 Å². The van der Waals surface area contributed by atoms with Crippen LogP contribution in [0.5, 0.6) is 0 Å². The van der Waals surface area contributed by atoms with E-state index in [1.165, 1.54) is 6.07 Å². The molecule has 1 aromatic heterocycles. The van der Waals surface area contributed by atoms with Gasteiger partial charge in [0.2, 0.25) is 0 Å². The molecule has 5 heteroatoms. The fourth-order valence-electron chi connectivity index (χ4n) is 1.95. The molecule has 1 aliphatic rings. The molecular formula is C11H13F3N2. The summed E-state index contributed by atoms with van der Waals surface area (Å²) in [6, 6.07) is 1.22. The smallest absolute Gasteiger partial charge is 0.299 e. The molecule has 0 saturated heterocycles. The van der Waals surface area contributed by atoms with Crippen molar-refractivity contribution in [2.75, 3.05) is 13.6 Å². The maximum absolute atomic E-state index is 12.5. The van der Waals surface area contributed by atoms with Crippen LogP contribution in [-0.4, -0.2) is 23.5 Å². The summed E-state index contributed by atoms with van der Waals surface area (Å²) in [6.07, 6.45) is -2.66. The monoisotopic (exact) mass is 230 g/mol. The van der Waals surface area contributed by atoms with Gasteiger partial charge in [-0.05, 0) is 25.6 Å². The molecule has 2 rings (SSSR count). The molecule has 1 aromatic rings. The van der Waals surface area contributed by atoms with E-state index in [1.54, 1.807) is 0 Å². The van der Waals surface area contributed by atoms with Gasteiger partial charge in [-0.25, -0.2) is 0 Å². The SMILES string of the molecule is CC1c2cc(C(F)(F)F)cnc2CCN1C. The predicted octanol–water partition coefficient (Wildman–Crippen LogP) is 2.65. The zero-order valence-electron chi connectivity index (χ0n) is 9.17. The highest BCUT2D eigenvalue weighted by molar-refractivity contribution is 5.31. The summed E-state index contributed by atoms with van der Waals surface area (Å²) in [6.45, 7) is 2.74. The van der Waals surface area contributed by atoms with Gasteiger partial charge in [0.1, 0.15) is 0 Å². The van der Waals surface area contributed by atoms with Crippen molar-refractivity contribution in [2.24, 2.45) is 0 Å². The maximum Gasteiger partial charge on any atom is 0.417 e. The van der Waals surface area contributed by atoms with E-state index < -0.39 is 11.7 Å². The van der Waals surface area contributed by atoms with Gasteiger partial charge in [-0.3, -0.25) is 9.88 Å². The lowest BCUT2D eigenvalue weighted by molar-refractivity contribution is -0.137. The molecular weight excluding hydrogens is 217 g/mol. The van der Waals surface area contributed by atoms with Crippen LogP contribution >= 0.6 is 0 Å². The standard InChI is InChI=1S/C11H13F3N2/c1-7-9-5-8(11(12,13)14)6-15-10(9)3-4-16(7)2/h5-7H,3-4H2,1-2H3. The number of alkyl halides is 3. The quantitative estimate of drug-likeness (QED) is 0.681. The maximum atomic E-state index is 12.5. The van der Waals surface area contributed by atoms with E-state index in [2.05, 4.69) is 4.98 Å². The van der Waals surface area contributed by atoms with Crippen LogP contribution in [0.25, 0.3) is 0 Å². The van der Waals surface area contributed by atoms with E-state index in [-0.39, 0.29) is 6.04 Å². The van der Waals surface area contributed by atoms with Crippen molar-refractivity contribution >= 4 is 0 Å². The van der Waals surface area contributed by atoms with E-state index in [0.717, 1.165) is 18.4 Å². The van der Waals surface area contributed by atoms with Gasteiger partial charge in [0.25, 0.3) is 0 Å². The van der Waals surface area contributed by atoms with Crippen molar-refractivity contribution in [2.45, 2.75) is 25.6 Å². The Kier molecular flexibility index (Phi) is 2.66. The number of halogens is 3. The van der Waals surface area contributed by atoms with Crippen molar-refractivity contribution < 1.29 is 13.2 Å². The van der Waals surface area contributed by atoms with Crippen LogP contribution in [0.3, 0.4) is 0 Å². The number of rotatable bonds is 0. The number of nitrogens with zero attached hydrogens (tertiary/aromatic N) is 2. The van der Waals surface area contributed by atoms with Gasteiger partial charge < -0.3 is 0 Å². The second-order valence-corrected chi connectivity index (χ2v) is 4.16. The number of pyridine rings is 1. The number of fused-ring (bicyclic) bond motifs is 1. The Balaban J connectivity index is 2.45. The molecule has 0 bridgehead atoms. The van der Waals surface area contributed by atoms with Crippen LogP contribution in [-0.2, 0) is 12.6 Å². The van der Waals surface area contributed by atoms with Crippen LogP contribution in [0.15, 0.2) is 12.3 Å². The normalized spacial score (nSPS) is 21.9. The molecule has 0 spiro atoms. The van der Waals surface area contributed by atoms with E-state index in [1.807, 2.05) is 18.9 Å². The topological polar surface area (TPSA) is 16.1 Å². The molecule has 0 saturated carbocycles. The second-order valence-electron chi connectivity index (χ2n) is 4.16. The highest BCUT2D eigenvalue weighted by atomic mass is 19.4. The fourth-order valence-corrected chi connectivity index (χ4v) is 1.95. The van der Waals surface area contributed by atoms with Crippen LogP contribution in [0, 0.1) is 0 Å². The fraction of sp³-hybridized carbons (Fsp3) is 0.545. The van der Waals surface area contributed by atoms with Gasteiger partial charge in [-0.2, -0.15) is 13.2 Å². The van der Waals surface area contributed by atoms with E-state index >= 15 is 0 Å². The number of hydrogen-bond donors (Lipinski definition) is 0. The minimum atomic E-state index is -4.31. The first-order valence-electron chi connectivity index (χ1n) is 5.16. The van der Waals surface area contributed by atoms with E-state index in [9.17, 15) is 13.2 Å². The zero-order valence-corrected chi connectivity index (χ0v) is 9.17. The molecule has 2 heterocycles. The molecule has 0 amide bonds. The largest absolute Gasteiger partial charge is 0.417 e. The van der Waals surface area contributed by atoms with E-state index in [0.29, 0.717) is 12.0 Å². The molecule has 0 aromatic carbocycles. The molecule has 88 valence electrons. The summed E-state index contributed by atoms with van der Waals surface area (Å²) >= 11 is 0. The van der Waals surface area contributed by atoms with Crippen LogP contribution in [0.1, 0.15) is 29.8 Å². The molecule has 1 atom stereocenters. The highest BCUT2D eigenvalue weighted by Gasteiger charge is 2.33. The van der Waals surface area contributed by atoms with Crippen LogP contribution in [0.4, 0.5) is 13.2 Å². The minimum Gasteiger partial charge on any atom is -0.299 e. The summed E-state index contributed by atoms with van der Waals surface area (Å²) in [5.41, 5.74) is 0.829. The molecule has 0 aliphatic carbocycles. The lowest BCUT2D eigenvalue weighted by atomic mass is 9.97. The molecule has 16 heavy (non-hydrogen) atoms. The van der Waals surface area contributed by atoms with Crippen molar-refractivity contribution in [3.05, 3.63) is 29.1 Å². The Morgan fingerprint density at radius 2 is 2.12 bits per heavy atom. The number of likely N-dealkylation sites (N-methyl/N-ethyl adjacent to an activating group) is 1. The number of hydrogen-bond acceptors (Lipinski definition) is 2. The first-order chi connectivity index (χ1) is 7.39. The number of aromatic nitrogens is 1. The van der Waals surface area contributed by atoms with Gasteiger partial charge in [-0.1, -0.05) is 0 Å². The van der Waals surface area contributed by atoms with Crippen molar-refractivity contribution in [1.82, 2.24) is 9.88 Å². The molecule has 0 fully saturated rings. The Bertz CT molecular complexity index is 401. The minimum absolute atomic E-state index is 0.00134. The second kappa shape index (κ2) is 3.73. The molecule has 0 radical (unpaired) electrons. The summed E-state index contributed by atoms with van der Waals surface area (Å²) in [5, 5.41) is 0. The summed E-state index contributed by atoms with van der Waals surface area (Å²) < 4.78 is 37.6. The molecule has 1 aliphatic heterocycles. The van der Waals surface area contributed by atoms with Gasteiger partial charge in [0.05, 0.1) is 5.56 Å². The summed E-state index contributed by atoms with van der Waals surface area (Å²) in [4.78, 5) is 5.96. The summed E-state index contributed by atoms with van der Waals surface area (Å²) in [7, 11) is 1.91. The highest BCUT2D eigenvalue weighted by Crippen LogP contribution is 2.33. The third-order valence-electron chi connectivity index (χ3n) is 3.14. The van der Waals surface area contributed by atoms with Crippen molar-refractivity contribution in [1.29, 1.82) is 0 Å². The third-order valence-corrected chi connectivity index (χ3v) is 3.14. The van der Waals surface area contributed by atoms with Gasteiger partial charge in [0, 0.05) is 30.9 Å².